The molecule has 0 aliphatic heterocycles. The fourth-order valence-electron chi connectivity index (χ4n) is 2.67. The van der Waals surface area contributed by atoms with Crippen molar-refractivity contribution in [3.63, 3.8) is 0 Å². The van der Waals surface area contributed by atoms with Crippen molar-refractivity contribution < 1.29 is 9.90 Å². The molecular weight excluding hydrogens is 212 g/mol. The van der Waals surface area contributed by atoms with Gasteiger partial charge < -0.3 is 9.90 Å². The maximum absolute atomic E-state index is 11.1. The van der Waals surface area contributed by atoms with Crippen molar-refractivity contribution >= 4 is 5.97 Å². The number of rotatable bonds is 3. The molecule has 0 unspecified atom stereocenters. The first kappa shape index (κ1) is 13.8. The Morgan fingerprint density at radius 3 is 2.12 bits per heavy atom. The molecule has 0 aliphatic rings. The fraction of sp³-hybridized carbons (Fsp3) is 0.533. The summed E-state index contributed by atoms with van der Waals surface area (Å²) in [5.74, 6) is -1.09. The van der Waals surface area contributed by atoms with Gasteiger partial charge >= 0.3 is 0 Å². The predicted molar refractivity (Wildman–Crippen MR) is 67.9 cm³/mol. The highest BCUT2D eigenvalue weighted by molar-refractivity contribution is 5.88. The minimum Gasteiger partial charge on any atom is -0.545 e. The number of carbonyl (C=O) groups excluding carboxylic acids is 1. The van der Waals surface area contributed by atoms with E-state index in [1.807, 2.05) is 12.1 Å². The second-order valence-electron chi connectivity index (χ2n) is 6.45. The van der Waals surface area contributed by atoms with Gasteiger partial charge in [-0.05, 0) is 22.8 Å². The Morgan fingerprint density at radius 2 is 1.65 bits per heavy atom. The molecule has 17 heavy (non-hydrogen) atoms. The van der Waals surface area contributed by atoms with Crippen LogP contribution in [0.1, 0.15) is 57.0 Å². The van der Waals surface area contributed by atoms with Crippen molar-refractivity contribution in [2.24, 2.45) is 5.41 Å². The summed E-state index contributed by atoms with van der Waals surface area (Å²) in [7, 11) is 0. The molecule has 0 heterocycles. The lowest BCUT2D eigenvalue weighted by Gasteiger charge is -2.34. The first-order valence-electron chi connectivity index (χ1n) is 5.94. The Hall–Kier alpha value is -1.31. The van der Waals surface area contributed by atoms with Crippen molar-refractivity contribution in [1.82, 2.24) is 0 Å². The molecule has 0 radical (unpaired) electrons. The van der Waals surface area contributed by atoms with Crippen LogP contribution in [0.4, 0.5) is 0 Å². The lowest BCUT2D eigenvalue weighted by atomic mass is 9.71. The van der Waals surface area contributed by atoms with Gasteiger partial charge in [0.2, 0.25) is 0 Å². The molecular formula is C15H21O2-. The first-order chi connectivity index (χ1) is 7.63. The van der Waals surface area contributed by atoms with Gasteiger partial charge in [0.25, 0.3) is 0 Å². The molecule has 0 aromatic heterocycles. The van der Waals surface area contributed by atoms with E-state index < -0.39 is 5.97 Å². The van der Waals surface area contributed by atoms with Gasteiger partial charge in [-0.3, -0.25) is 0 Å². The van der Waals surface area contributed by atoms with Gasteiger partial charge in [0.15, 0.2) is 0 Å². The van der Waals surface area contributed by atoms with E-state index in [4.69, 9.17) is 0 Å². The first-order valence-corrected chi connectivity index (χ1v) is 5.94. The van der Waals surface area contributed by atoms with E-state index >= 15 is 0 Å². The minimum atomic E-state index is -1.09. The standard InChI is InChI=1S/C15H22O2/c1-14(2,3)10-15(4,5)12-9-7-6-8-11(12)13(16)17/h6-9H,10H2,1-5H3,(H,16,17)/p-1. The molecule has 0 aliphatic carbocycles. The Balaban J connectivity index is 3.19. The van der Waals surface area contributed by atoms with Crippen LogP contribution in [0.25, 0.3) is 0 Å². The summed E-state index contributed by atoms with van der Waals surface area (Å²) in [4.78, 5) is 11.1. The number of hydrogen-bond acceptors (Lipinski definition) is 2. The summed E-state index contributed by atoms with van der Waals surface area (Å²) in [5, 5.41) is 11.1. The fourth-order valence-corrected chi connectivity index (χ4v) is 2.67. The normalized spacial score (nSPS) is 12.5. The van der Waals surface area contributed by atoms with Gasteiger partial charge in [0.05, 0.1) is 5.97 Å². The zero-order chi connectivity index (χ0) is 13.3. The molecule has 0 fully saturated rings. The van der Waals surface area contributed by atoms with Crippen LogP contribution in [0.3, 0.4) is 0 Å². The molecule has 0 N–H and O–H groups in total. The molecule has 1 aromatic rings. The Morgan fingerprint density at radius 1 is 1.12 bits per heavy atom. The Kier molecular flexibility index (Phi) is 3.65. The number of carboxylic acid groups (broad SMARTS) is 1. The average Bonchev–Trinajstić information content (AvgIpc) is 2.14. The van der Waals surface area contributed by atoms with E-state index in [0.717, 1.165) is 12.0 Å². The molecule has 1 rings (SSSR count). The van der Waals surface area contributed by atoms with Crippen molar-refractivity contribution in [1.29, 1.82) is 0 Å². The van der Waals surface area contributed by atoms with E-state index in [9.17, 15) is 9.90 Å². The van der Waals surface area contributed by atoms with Crippen molar-refractivity contribution in [3.8, 4) is 0 Å². The summed E-state index contributed by atoms with van der Waals surface area (Å²) >= 11 is 0. The second kappa shape index (κ2) is 4.52. The van der Waals surface area contributed by atoms with Crippen LogP contribution in [0, 0.1) is 5.41 Å². The van der Waals surface area contributed by atoms with Gasteiger partial charge in [-0.25, -0.2) is 0 Å². The lowest BCUT2D eigenvalue weighted by molar-refractivity contribution is -0.255. The quantitative estimate of drug-likeness (QED) is 0.805. The lowest BCUT2D eigenvalue weighted by Crippen LogP contribution is -2.31. The molecule has 2 heteroatoms. The topological polar surface area (TPSA) is 40.1 Å². The number of benzene rings is 1. The largest absolute Gasteiger partial charge is 0.545 e. The molecule has 0 bridgehead atoms. The van der Waals surface area contributed by atoms with Gasteiger partial charge in [0.1, 0.15) is 0 Å². The van der Waals surface area contributed by atoms with Crippen LogP contribution >= 0.6 is 0 Å². The van der Waals surface area contributed by atoms with Gasteiger partial charge in [-0.2, -0.15) is 0 Å². The van der Waals surface area contributed by atoms with Crippen LogP contribution in [0.5, 0.6) is 0 Å². The zero-order valence-corrected chi connectivity index (χ0v) is 11.3. The third kappa shape index (κ3) is 3.58. The van der Waals surface area contributed by atoms with Crippen LogP contribution in [-0.4, -0.2) is 5.97 Å². The van der Waals surface area contributed by atoms with Crippen molar-refractivity contribution in [2.45, 2.75) is 46.5 Å². The van der Waals surface area contributed by atoms with Crippen LogP contribution in [0.15, 0.2) is 24.3 Å². The number of hydrogen-bond donors (Lipinski definition) is 0. The predicted octanol–water partition coefficient (Wildman–Crippen LogP) is 2.76. The highest BCUT2D eigenvalue weighted by Gasteiger charge is 2.29. The zero-order valence-electron chi connectivity index (χ0n) is 11.3. The average molecular weight is 233 g/mol. The Bertz CT molecular complexity index is 411. The summed E-state index contributed by atoms with van der Waals surface area (Å²) < 4.78 is 0. The summed E-state index contributed by atoms with van der Waals surface area (Å²) in [6, 6.07) is 7.12. The highest BCUT2D eigenvalue weighted by atomic mass is 16.4. The van der Waals surface area contributed by atoms with E-state index in [1.165, 1.54) is 0 Å². The highest BCUT2D eigenvalue weighted by Crippen LogP contribution is 2.37. The molecule has 0 saturated carbocycles. The maximum Gasteiger partial charge on any atom is 0.0718 e. The molecule has 0 saturated heterocycles. The van der Waals surface area contributed by atoms with Crippen LogP contribution in [-0.2, 0) is 5.41 Å². The van der Waals surface area contributed by atoms with Crippen molar-refractivity contribution in [2.75, 3.05) is 0 Å². The molecule has 1 aromatic carbocycles. The number of aromatic carboxylic acids is 1. The van der Waals surface area contributed by atoms with Gasteiger partial charge in [-0.1, -0.05) is 58.9 Å². The molecule has 0 amide bonds. The van der Waals surface area contributed by atoms with Crippen molar-refractivity contribution in [3.05, 3.63) is 35.4 Å². The van der Waals surface area contributed by atoms with E-state index in [-0.39, 0.29) is 10.8 Å². The number of carbonyl (C=O) groups is 1. The van der Waals surface area contributed by atoms with Gasteiger partial charge in [0, 0.05) is 5.56 Å². The third-order valence-electron chi connectivity index (χ3n) is 2.85. The molecule has 0 spiro atoms. The number of carboxylic acids is 1. The molecule has 0 atom stereocenters. The summed E-state index contributed by atoms with van der Waals surface area (Å²) in [6.07, 6.45) is 0.921. The second-order valence-corrected chi connectivity index (χ2v) is 6.45. The Labute approximate surface area is 104 Å². The third-order valence-corrected chi connectivity index (χ3v) is 2.85. The van der Waals surface area contributed by atoms with Gasteiger partial charge in [-0.15, -0.1) is 0 Å². The summed E-state index contributed by atoms with van der Waals surface area (Å²) in [5.41, 5.74) is 1.15. The minimum absolute atomic E-state index is 0.155. The van der Waals surface area contributed by atoms with E-state index in [1.54, 1.807) is 12.1 Å². The summed E-state index contributed by atoms with van der Waals surface area (Å²) in [6.45, 7) is 10.7. The smallest absolute Gasteiger partial charge is 0.0718 e. The van der Waals surface area contributed by atoms with E-state index in [2.05, 4.69) is 34.6 Å². The SMILES string of the molecule is CC(C)(C)CC(C)(C)c1ccccc1C(=O)[O-]. The van der Waals surface area contributed by atoms with Crippen LogP contribution in [0.2, 0.25) is 0 Å². The van der Waals surface area contributed by atoms with E-state index in [0.29, 0.717) is 5.56 Å². The molecule has 2 nitrogen and oxygen atoms in total. The molecule has 94 valence electrons. The maximum atomic E-state index is 11.1. The monoisotopic (exact) mass is 233 g/mol. The van der Waals surface area contributed by atoms with Crippen LogP contribution < -0.4 is 5.11 Å².